The van der Waals surface area contributed by atoms with E-state index in [2.05, 4.69) is 10.1 Å². The quantitative estimate of drug-likeness (QED) is 0.670. The Morgan fingerprint density at radius 1 is 1.17 bits per heavy atom. The summed E-state index contributed by atoms with van der Waals surface area (Å²) in [5.41, 5.74) is 2.80. The predicted molar refractivity (Wildman–Crippen MR) is 113 cm³/mol. The van der Waals surface area contributed by atoms with Crippen molar-refractivity contribution in [2.24, 2.45) is 0 Å². The summed E-state index contributed by atoms with van der Waals surface area (Å²) in [5.74, 6) is 0.132. The van der Waals surface area contributed by atoms with Crippen LogP contribution in [0.1, 0.15) is 41.1 Å². The van der Waals surface area contributed by atoms with E-state index < -0.39 is 5.97 Å². The molecule has 3 heterocycles. The van der Waals surface area contributed by atoms with Gasteiger partial charge in [0.2, 0.25) is 5.91 Å². The second-order valence-electron chi connectivity index (χ2n) is 7.52. The van der Waals surface area contributed by atoms with Gasteiger partial charge in [0, 0.05) is 24.3 Å². The van der Waals surface area contributed by atoms with Crippen molar-refractivity contribution in [2.45, 2.75) is 45.7 Å². The fourth-order valence-electron chi connectivity index (χ4n) is 3.92. The molecule has 1 aromatic carbocycles. The molecule has 1 aliphatic rings. The number of fused-ring (bicyclic) bond motifs is 2. The van der Waals surface area contributed by atoms with Gasteiger partial charge in [-0.05, 0) is 50.1 Å². The van der Waals surface area contributed by atoms with Gasteiger partial charge in [-0.1, -0.05) is 6.42 Å². The topological polar surface area (TPSA) is 95.2 Å². The molecule has 0 fully saturated rings. The van der Waals surface area contributed by atoms with Crippen molar-refractivity contribution in [1.29, 1.82) is 0 Å². The Labute approximate surface area is 173 Å². The summed E-state index contributed by atoms with van der Waals surface area (Å²) < 4.78 is 8.15. The van der Waals surface area contributed by atoms with E-state index >= 15 is 0 Å². The Morgan fingerprint density at radius 2 is 1.93 bits per heavy atom. The van der Waals surface area contributed by atoms with E-state index in [1.165, 1.54) is 7.11 Å². The number of rotatable bonds is 4. The van der Waals surface area contributed by atoms with Crippen molar-refractivity contribution in [2.75, 3.05) is 12.4 Å². The minimum atomic E-state index is -0.436. The van der Waals surface area contributed by atoms with Crippen LogP contribution in [0.2, 0.25) is 0 Å². The van der Waals surface area contributed by atoms with Crippen molar-refractivity contribution in [3.8, 4) is 0 Å². The minimum absolute atomic E-state index is 0.00432. The largest absolute Gasteiger partial charge is 0.465 e. The number of anilines is 1. The molecular formula is C22H24N4O4. The molecule has 30 heavy (non-hydrogen) atoms. The lowest BCUT2D eigenvalue weighted by Crippen LogP contribution is -2.28. The molecule has 156 valence electrons. The second kappa shape index (κ2) is 8.14. The van der Waals surface area contributed by atoms with Crippen molar-refractivity contribution in [3.05, 3.63) is 57.8 Å². The SMILES string of the molecule is COC(=O)c1ccc(NC(=O)Cn2c(C)cc3nc4n(c(=O)c32)CCCCC4)cc1. The van der Waals surface area contributed by atoms with Crippen LogP contribution in [-0.2, 0) is 29.0 Å². The zero-order chi connectivity index (χ0) is 21.3. The Morgan fingerprint density at radius 3 is 2.67 bits per heavy atom. The van der Waals surface area contributed by atoms with Gasteiger partial charge >= 0.3 is 5.97 Å². The van der Waals surface area contributed by atoms with Crippen LogP contribution in [0, 0.1) is 6.92 Å². The third-order valence-electron chi connectivity index (χ3n) is 5.47. The van der Waals surface area contributed by atoms with Gasteiger partial charge in [0.05, 0.1) is 18.2 Å². The van der Waals surface area contributed by atoms with Gasteiger partial charge in [-0.15, -0.1) is 0 Å². The molecule has 3 aromatic rings. The lowest BCUT2D eigenvalue weighted by atomic mass is 10.2. The van der Waals surface area contributed by atoms with E-state index in [-0.39, 0.29) is 18.0 Å². The normalized spacial score (nSPS) is 13.5. The summed E-state index contributed by atoms with van der Waals surface area (Å²) in [4.78, 5) is 42.0. The highest BCUT2D eigenvalue weighted by atomic mass is 16.5. The Bertz CT molecular complexity index is 1170. The average Bonchev–Trinajstić information content (AvgIpc) is 2.90. The highest BCUT2D eigenvalue weighted by molar-refractivity contribution is 5.93. The molecule has 1 amide bonds. The molecule has 0 saturated carbocycles. The Balaban J connectivity index is 1.60. The lowest BCUT2D eigenvalue weighted by molar-refractivity contribution is -0.116. The van der Waals surface area contributed by atoms with Gasteiger partial charge in [-0.25, -0.2) is 9.78 Å². The summed E-state index contributed by atoms with van der Waals surface area (Å²) in [5, 5.41) is 2.81. The molecule has 1 aliphatic heterocycles. The van der Waals surface area contributed by atoms with Crippen LogP contribution < -0.4 is 10.9 Å². The molecule has 1 N–H and O–H groups in total. The van der Waals surface area contributed by atoms with Gasteiger partial charge in [-0.3, -0.25) is 14.2 Å². The van der Waals surface area contributed by atoms with E-state index in [4.69, 9.17) is 4.98 Å². The van der Waals surface area contributed by atoms with Crippen LogP contribution in [0.3, 0.4) is 0 Å². The highest BCUT2D eigenvalue weighted by Gasteiger charge is 2.19. The number of aryl methyl sites for hydroxylation is 2. The summed E-state index contributed by atoms with van der Waals surface area (Å²) in [7, 11) is 1.32. The number of hydrogen-bond donors (Lipinski definition) is 1. The minimum Gasteiger partial charge on any atom is -0.465 e. The fraction of sp³-hybridized carbons (Fsp3) is 0.364. The molecule has 0 atom stereocenters. The zero-order valence-corrected chi connectivity index (χ0v) is 17.1. The van der Waals surface area contributed by atoms with E-state index in [0.29, 0.717) is 28.8 Å². The molecule has 0 aliphatic carbocycles. The van der Waals surface area contributed by atoms with Crippen molar-refractivity contribution in [1.82, 2.24) is 14.1 Å². The van der Waals surface area contributed by atoms with Crippen molar-refractivity contribution < 1.29 is 14.3 Å². The third-order valence-corrected chi connectivity index (χ3v) is 5.47. The maximum Gasteiger partial charge on any atom is 0.337 e. The number of nitrogens with one attached hydrogen (secondary N) is 1. The van der Waals surface area contributed by atoms with Gasteiger partial charge < -0.3 is 14.6 Å². The van der Waals surface area contributed by atoms with Gasteiger partial charge in [-0.2, -0.15) is 0 Å². The number of esters is 1. The summed E-state index contributed by atoms with van der Waals surface area (Å²) in [6.07, 6.45) is 3.89. The van der Waals surface area contributed by atoms with E-state index in [1.807, 2.05) is 13.0 Å². The van der Waals surface area contributed by atoms with Crippen LogP contribution in [0.15, 0.2) is 35.1 Å². The second-order valence-corrected chi connectivity index (χ2v) is 7.52. The molecule has 0 unspecified atom stereocenters. The fourth-order valence-corrected chi connectivity index (χ4v) is 3.92. The molecule has 0 spiro atoms. The summed E-state index contributed by atoms with van der Waals surface area (Å²) in [6, 6.07) is 8.32. The van der Waals surface area contributed by atoms with Crippen LogP contribution in [0.25, 0.3) is 11.0 Å². The van der Waals surface area contributed by atoms with Crippen molar-refractivity contribution >= 4 is 28.6 Å². The van der Waals surface area contributed by atoms with Gasteiger partial charge in [0.1, 0.15) is 17.9 Å². The molecule has 0 bridgehead atoms. The Kier molecular flexibility index (Phi) is 5.39. The number of amides is 1. The number of hydrogen-bond acceptors (Lipinski definition) is 5. The number of aromatic nitrogens is 3. The smallest absolute Gasteiger partial charge is 0.337 e. The van der Waals surface area contributed by atoms with Crippen molar-refractivity contribution in [3.63, 3.8) is 0 Å². The molecule has 8 nitrogen and oxygen atoms in total. The highest BCUT2D eigenvalue weighted by Crippen LogP contribution is 2.19. The number of ether oxygens (including phenoxy) is 1. The molecule has 2 aromatic heterocycles. The van der Waals surface area contributed by atoms with Gasteiger partial charge in [0.25, 0.3) is 5.56 Å². The lowest BCUT2D eigenvalue weighted by Gasteiger charge is -2.12. The maximum absolute atomic E-state index is 13.2. The first-order chi connectivity index (χ1) is 14.5. The first-order valence-corrected chi connectivity index (χ1v) is 10.1. The Hall–Kier alpha value is -3.42. The average molecular weight is 408 g/mol. The van der Waals surface area contributed by atoms with E-state index in [0.717, 1.165) is 37.2 Å². The molecule has 0 radical (unpaired) electrons. The number of methoxy groups -OCH3 is 1. The van der Waals surface area contributed by atoms with Gasteiger partial charge in [0.15, 0.2) is 0 Å². The van der Waals surface area contributed by atoms with Crippen LogP contribution in [0.5, 0.6) is 0 Å². The zero-order valence-electron chi connectivity index (χ0n) is 17.1. The van der Waals surface area contributed by atoms with E-state index in [9.17, 15) is 14.4 Å². The number of carbonyl (C=O) groups is 2. The molecule has 8 heteroatoms. The number of nitrogens with zero attached hydrogens (tertiary/aromatic N) is 3. The third kappa shape index (κ3) is 3.72. The molecule has 4 rings (SSSR count). The molecule has 0 saturated heterocycles. The van der Waals surface area contributed by atoms with Crippen LogP contribution in [-0.4, -0.2) is 33.1 Å². The predicted octanol–water partition coefficient (Wildman–Crippen LogP) is 2.66. The monoisotopic (exact) mass is 408 g/mol. The van der Waals surface area contributed by atoms with Crippen LogP contribution >= 0.6 is 0 Å². The first kappa shape index (κ1) is 19.9. The van der Waals surface area contributed by atoms with Crippen LogP contribution in [0.4, 0.5) is 5.69 Å². The first-order valence-electron chi connectivity index (χ1n) is 10.1. The standard InChI is InChI=1S/C22H24N4O4/c1-14-12-17-20(21(28)25-11-5-3-4-6-18(25)24-17)26(14)13-19(27)23-16-9-7-15(8-10-16)22(29)30-2/h7-10,12H,3-6,11,13H2,1-2H3,(H,23,27). The summed E-state index contributed by atoms with van der Waals surface area (Å²) >= 11 is 0. The van der Waals surface area contributed by atoms with E-state index in [1.54, 1.807) is 33.4 Å². The molecular weight excluding hydrogens is 384 g/mol. The summed E-state index contributed by atoms with van der Waals surface area (Å²) in [6.45, 7) is 2.54. The maximum atomic E-state index is 13.2. The number of benzene rings is 1. The number of carbonyl (C=O) groups excluding carboxylic acids is 2.